The number of rotatable bonds is 9. The molecule has 0 fully saturated rings. The Hall–Kier alpha value is -1.63. The second-order valence-corrected chi connectivity index (χ2v) is 7.39. The molecule has 150 valence electrons. The summed E-state index contributed by atoms with van der Waals surface area (Å²) in [5, 5.41) is 22.2. The van der Waals surface area contributed by atoms with Crippen molar-refractivity contribution in [1.82, 2.24) is 5.32 Å². The number of carboxylic acids is 2. The van der Waals surface area contributed by atoms with Gasteiger partial charge in [-0.15, -0.1) is 0 Å². The molecule has 3 N–H and O–H groups in total. The molecule has 0 aromatic carbocycles. The lowest BCUT2D eigenvalue weighted by molar-refractivity contribution is -0.192. The van der Waals surface area contributed by atoms with E-state index in [2.05, 4.69) is 10.5 Å². The van der Waals surface area contributed by atoms with Gasteiger partial charge in [0.1, 0.15) is 0 Å². The number of oxime groups is 1. The van der Waals surface area contributed by atoms with Gasteiger partial charge in [-0.05, 0) is 6.42 Å². The molecule has 1 unspecified atom stereocenters. The van der Waals surface area contributed by atoms with Crippen LogP contribution in [0.2, 0.25) is 0 Å². The molecule has 1 aliphatic rings. The standard InChI is InChI=1S/C11H18N2O4S2.C2HF3O2/c1-2-8-7-9(17-13-8)11(16)12-4-6-19-18-5-3-10(14)15;3-2(4,5)1(6)7/h9H,2-7H2,1H3,(H,12,16)(H,14,15);(H,6,7). The predicted molar refractivity (Wildman–Crippen MR) is 91.1 cm³/mol. The van der Waals surface area contributed by atoms with Crippen LogP contribution in [0, 0.1) is 0 Å². The average Bonchev–Trinajstić information content (AvgIpc) is 3.02. The Kier molecular flexibility index (Phi) is 11.9. The topological polar surface area (TPSA) is 125 Å². The Bertz CT molecular complexity index is 517. The van der Waals surface area contributed by atoms with Gasteiger partial charge < -0.3 is 20.4 Å². The van der Waals surface area contributed by atoms with E-state index in [1.54, 1.807) is 10.8 Å². The molecule has 13 heteroatoms. The number of nitrogens with one attached hydrogen (secondary N) is 1. The summed E-state index contributed by atoms with van der Waals surface area (Å²) in [6, 6.07) is 0. The maximum atomic E-state index is 11.7. The molecule has 0 radical (unpaired) electrons. The van der Waals surface area contributed by atoms with Gasteiger partial charge in [-0.2, -0.15) is 13.2 Å². The average molecular weight is 420 g/mol. The highest BCUT2D eigenvalue weighted by Gasteiger charge is 2.38. The van der Waals surface area contributed by atoms with E-state index in [0.29, 0.717) is 18.7 Å². The van der Waals surface area contributed by atoms with Crippen molar-refractivity contribution >= 4 is 45.1 Å². The fourth-order valence-electron chi connectivity index (χ4n) is 1.35. The lowest BCUT2D eigenvalue weighted by Crippen LogP contribution is -2.35. The van der Waals surface area contributed by atoms with Crippen LogP contribution in [0.15, 0.2) is 5.16 Å². The van der Waals surface area contributed by atoms with Crippen molar-refractivity contribution in [2.45, 2.75) is 38.5 Å². The molecular weight excluding hydrogens is 401 g/mol. The van der Waals surface area contributed by atoms with Crippen molar-refractivity contribution in [3.05, 3.63) is 0 Å². The Morgan fingerprint density at radius 3 is 2.31 bits per heavy atom. The molecule has 1 rings (SSSR count). The Morgan fingerprint density at radius 2 is 1.85 bits per heavy atom. The van der Waals surface area contributed by atoms with Gasteiger partial charge in [0, 0.05) is 24.5 Å². The van der Waals surface area contributed by atoms with Gasteiger partial charge in [0.2, 0.25) is 6.10 Å². The van der Waals surface area contributed by atoms with E-state index in [-0.39, 0.29) is 12.3 Å². The smallest absolute Gasteiger partial charge is 0.481 e. The lowest BCUT2D eigenvalue weighted by Gasteiger charge is -2.08. The number of hydrogen-bond acceptors (Lipinski definition) is 7. The third-order valence-electron chi connectivity index (χ3n) is 2.64. The number of aliphatic carboxylic acids is 2. The predicted octanol–water partition coefficient (Wildman–Crippen LogP) is 2.15. The molecule has 0 bridgehead atoms. The number of nitrogens with zero attached hydrogens (tertiary/aromatic N) is 1. The van der Waals surface area contributed by atoms with Crippen LogP contribution in [0.3, 0.4) is 0 Å². The second kappa shape index (κ2) is 12.7. The molecule has 0 spiro atoms. The van der Waals surface area contributed by atoms with Crippen molar-refractivity contribution < 1.29 is 42.6 Å². The molecule has 1 aliphatic heterocycles. The van der Waals surface area contributed by atoms with Crippen molar-refractivity contribution in [2.24, 2.45) is 5.16 Å². The van der Waals surface area contributed by atoms with Crippen molar-refractivity contribution in [2.75, 3.05) is 18.1 Å². The molecule has 0 saturated carbocycles. The van der Waals surface area contributed by atoms with E-state index in [1.807, 2.05) is 6.92 Å². The number of carbonyl (C=O) groups is 3. The normalized spacial score (nSPS) is 16.0. The van der Waals surface area contributed by atoms with Crippen LogP contribution in [-0.2, 0) is 19.2 Å². The summed E-state index contributed by atoms with van der Waals surface area (Å²) < 4.78 is 31.7. The van der Waals surface area contributed by atoms with Crippen molar-refractivity contribution in [3.63, 3.8) is 0 Å². The first-order valence-corrected chi connectivity index (χ1v) is 9.82. The molecule has 0 saturated heterocycles. The van der Waals surface area contributed by atoms with E-state index in [0.717, 1.165) is 17.9 Å². The quantitative estimate of drug-likeness (QED) is 0.383. The summed E-state index contributed by atoms with van der Waals surface area (Å²) in [4.78, 5) is 35.9. The second-order valence-electron chi connectivity index (χ2n) is 4.69. The van der Waals surface area contributed by atoms with E-state index >= 15 is 0 Å². The monoisotopic (exact) mass is 420 g/mol. The number of amides is 1. The largest absolute Gasteiger partial charge is 0.490 e. The van der Waals surface area contributed by atoms with E-state index in [1.165, 1.54) is 10.8 Å². The zero-order chi connectivity index (χ0) is 20.2. The minimum absolute atomic E-state index is 0.136. The van der Waals surface area contributed by atoms with Crippen LogP contribution in [0.5, 0.6) is 0 Å². The summed E-state index contributed by atoms with van der Waals surface area (Å²) in [5.41, 5.74) is 0.916. The molecule has 0 aromatic rings. The summed E-state index contributed by atoms with van der Waals surface area (Å²) in [6.07, 6.45) is -4.03. The Labute approximate surface area is 155 Å². The summed E-state index contributed by atoms with van der Waals surface area (Å²) in [5.74, 6) is -2.36. The minimum atomic E-state index is -5.08. The first kappa shape index (κ1) is 24.4. The fraction of sp³-hybridized carbons (Fsp3) is 0.692. The summed E-state index contributed by atoms with van der Waals surface area (Å²) in [6.45, 7) is 2.53. The van der Waals surface area contributed by atoms with Crippen LogP contribution in [0.4, 0.5) is 13.2 Å². The molecule has 0 aromatic heterocycles. The molecule has 1 heterocycles. The number of carbonyl (C=O) groups excluding carboxylic acids is 1. The van der Waals surface area contributed by atoms with E-state index in [4.69, 9.17) is 19.8 Å². The van der Waals surface area contributed by atoms with Crippen molar-refractivity contribution in [3.8, 4) is 0 Å². The molecule has 8 nitrogen and oxygen atoms in total. The molecule has 1 atom stereocenters. The number of halogens is 3. The van der Waals surface area contributed by atoms with Gasteiger partial charge in [-0.1, -0.05) is 33.7 Å². The van der Waals surface area contributed by atoms with Gasteiger partial charge in [-0.25, -0.2) is 4.79 Å². The number of hydrogen-bond donors (Lipinski definition) is 3. The van der Waals surface area contributed by atoms with Crippen LogP contribution >= 0.6 is 21.6 Å². The zero-order valence-electron chi connectivity index (χ0n) is 13.7. The van der Waals surface area contributed by atoms with Gasteiger partial charge >= 0.3 is 18.1 Å². The Balaban J connectivity index is 0.000000758. The van der Waals surface area contributed by atoms with Crippen LogP contribution < -0.4 is 5.32 Å². The molecule has 26 heavy (non-hydrogen) atoms. The van der Waals surface area contributed by atoms with Gasteiger partial charge in [0.15, 0.2) is 0 Å². The Morgan fingerprint density at radius 1 is 1.27 bits per heavy atom. The van der Waals surface area contributed by atoms with Gasteiger partial charge in [-0.3, -0.25) is 9.59 Å². The highest BCUT2D eigenvalue weighted by Crippen LogP contribution is 2.21. The maximum absolute atomic E-state index is 11.7. The maximum Gasteiger partial charge on any atom is 0.490 e. The first-order chi connectivity index (χ1) is 12.1. The lowest BCUT2D eigenvalue weighted by atomic mass is 10.1. The molecule has 0 aliphatic carbocycles. The SMILES string of the molecule is CCC1=NOC(C(=O)NCCSSCCC(=O)O)C1.O=C(O)C(F)(F)F. The fourth-order valence-corrected chi connectivity index (χ4v) is 3.24. The first-order valence-electron chi connectivity index (χ1n) is 7.33. The highest BCUT2D eigenvalue weighted by molar-refractivity contribution is 8.76. The van der Waals surface area contributed by atoms with E-state index < -0.39 is 24.2 Å². The van der Waals surface area contributed by atoms with Crippen LogP contribution in [0.1, 0.15) is 26.2 Å². The molecular formula is C13H19F3N2O6S2. The zero-order valence-corrected chi connectivity index (χ0v) is 15.4. The number of alkyl halides is 3. The minimum Gasteiger partial charge on any atom is -0.481 e. The van der Waals surface area contributed by atoms with Gasteiger partial charge in [0.05, 0.1) is 12.1 Å². The highest BCUT2D eigenvalue weighted by atomic mass is 33.1. The van der Waals surface area contributed by atoms with E-state index in [9.17, 15) is 22.8 Å². The van der Waals surface area contributed by atoms with Gasteiger partial charge in [0.25, 0.3) is 5.91 Å². The van der Waals surface area contributed by atoms with Crippen LogP contribution in [0.25, 0.3) is 0 Å². The number of carboxylic acid groups (broad SMARTS) is 2. The van der Waals surface area contributed by atoms with Crippen LogP contribution in [-0.4, -0.2) is 64.1 Å². The third kappa shape index (κ3) is 11.8. The summed E-state index contributed by atoms with van der Waals surface area (Å²) >= 11 is 0. The third-order valence-corrected chi connectivity index (χ3v) is 5.05. The molecule has 1 amide bonds. The summed E-state index contributed by atoms with van der Waals surface area (Å²) in [7, 11) is 3.05. The van der Waals surface area contributed by atoms with Crippen molar-refractivity contribution in [1.29, 1.82) is 0 Å².